The summed E-state index contributed by atoms with van der Waals surface area (Å²) in [5.41, 5.74) is -0.949. The van der Waals surface area contributed by atoms with Crippen molar-refractivity contribution in [2.24, 2.45) is 0 Å². The molecule has 1 rings (SSSR count). The topological polar surface area (TPSA) is 92.4 Å². The number of carbonyl (C=O) groups is 2. The summed E-state index contributed by atoms with van der Waals surface area (Å²) in [6, 6.07) is 1.29. The van der Waals surface area contributed by atoms with Crippen LogP contribution < -0.4 is 5.32 Å². The van der Waals surface area contributed by atoms with Gasteiger partial charge in [-0.1, -0.05) is 5.16 Å². The maximum Gasteiger partial charge on any atom is 0.358 e. The molecule has 6 nitrogen and oxygen atoms in total. The molecule has 1 aromatic heterocycles. The van der Waals surface area contributed by atoms with Gasteiger partial charge in [-0.3, -0.25) is 4.79 Å². The number of aromatic nitrogens is 1. The number of aromatic carboxylic acids is 1. The van der Waals surface area contributed by atoms with E-state index in [1.54, 1.807) is 13.8 Å². The van der Waals surface area contributed by atoms with Crippen molar-refractivity contribution in [2.45, 2.75) is 26.3 Å². The van der Waals surface area contributed by atoms with Crippen LogP contribution in [0.5, 0.6) is 0 Å². The Kier molecular flexibility index (Phi) is 2.78. The molecule has 0 aromatic carbocycles. The van der Waals surface area contributed by atoms with Crippen LogP contribution in [0, 0.1) is 0 Å². The fraction of sp³-hybridized carbons (Fsp3) is 0.444. The van der Waals surface area contributed by atoms with Crippen LogP contribution in [0.4, 0.5) is 0 Å². The minimum absolute atomic E-state index is 0.177. The predicted molar refractivity (Wildman–Crippen MR) is 50.3 cm³/mol. The summed E-state index contributed by atoms with van der Waals surface area (Å²) in [7, 11) is 0. The third-order valence-corrected chi connectivity index (χ3v) is 1.83. The van der Waals surface area contributed by atoms with Crippen LogP contribution in [0.25, 0.3) is 0 Å². The fourth-order valence-corrected chi connectivity index (χ4v) is 1.17. The van der Waals surface area contributed by atoms with Gasteiger partial charge in [0.15, 0.2) is 11.5 Å². The number of carboxylic acid groups (broad SMARTS) is 1. The van der Waals surface area contributed by atoms with Gasteiger partial charge < -0.3 is 14.9 Å². The lowest BCUT2D eigenvalue weighted by Gasteiger charge is -2.21. The molecule has 0 spiro atoms. The Bertz CT molecular complexity index is 395. The van der Waals surface area contributed by atoms with Crippen molar-refractivity contribution in [1.29, 1.82) is 0 Å². The molecule has 0 bridgehead atoms. The van der Waals surface area contributed by atoms with Crippen LogP contribution in [0.1, 0.15) is 37.0 Å². The SMILES string of the molecule is CC(=O)NC(C)(C)c1cc(C(=O)O)no1. The second-order valence-corrected chi connectivity index (χ2v) is 3.69. The number of carboxylic acids is 1. The van der Waals surface area contributed by atoms with Crippen molar-refractivity contribution in [3.63, 3.8) is 0 Å². The number of hydrogen-bond donors (Lipinski definition) is 2. The van der Waals surface area contributed by atoms with E-state index in [4.69, 9.17) is 9.63 Å². The van der Waals surface area contributed by atoms with Crippen LogP contribution >= 0.6 is 0 Å². The monoisotopic (exact) mass is 212 g/mol. The molecule has 2 N–H and O–H groups in total. The van der Waals surface area contributed by atoms with Gasteiger partial charge in [-0.15, -0.1) is 0 Å². The summed E-state index contributed by atoms with van der Waals surface area (Å²) in [6.07, 6.45) is 0. The predicted octanol–water partition coefficient (Wildman–Crippen LogP) is 0.744. The second-order valence-electron chi connectivity index (χ2n) is 3.69. The maximum atomic E-state index is 10.9. The second kappa shape index (κ2) is 3.72. The zero-order valence-corrected chi connectivity index (χ0v) is 8.70. The molecule has 1 aromatic rings. The lowest BCUT2D eigenvalue weighted by atomic mass is 10.0. The van der Waals surface area contributed by atoms with E-state index in [2.05, 4.69) is 10.5 Å². The quantitative estimate of drug-likeness (QED) is 0.771. The normalized spacial score (nSPS) is 11.1. The molecule has 1 amide bonds. The summed E-state index contributed by atoms with van der Waals surface area (Å²) in [5, 5.41) is 14.6. The number of carbonyl (C=O) groups excluding carboxylic acids is 1. The smallest absolute Gasteiger partial charge is 0.358 e. The zero-order chi connectivity index (χ0) is 11.6. The Balaban J connectivity index is 2.94. The highest BCUT2D eigenvalue weighted by Gasteiger charge is 2.27. The Morgan fingerprint density at radius 3 is 2.53 bits per heavy atom. The molecule has 6 heteroatoms. The molecular weight excluding hydrogens is 200 g/mol. The standard InChI is InChI=1S/C9H12N2O4/c1-5(12)10-9(2,3)7-4-6(8(13)14)11-15-7/h4H,1-3H3,(H,10,12)(H,13,14). The highest BCUT2D eigenvalue weighted by atomic mass is 16.5. The summed E-state index contributed by atoms with van der Waals surface area (Å²) < 4.78 is 4.85. The first kappa shape index (κ1) is 11.2. The first-order chi connectivity index (χ1) is 6.83. The average Bonchev–Trinajstić information content (AvgIpc) is 2.48. The van der Waals surface area contributed by atoms with E-state index in [0.717, 1.165) is 0 Å². The van der Waals surface area contributed by atoms with Crippen LogP contribution in [0.15, 0.2) is 10.6 Å². The number of rotatable bonds is 3. The lowest BCUT2D eigenvalue weighted by Crippen LogP contribution is -2.39. The van der Waals surface area contributed by atoms with E-state index < -0.39 is 11.5 Å². The lowest BCUT2D eigenvalue weighted by molar-refractivity contribution is -0.120. The van der Waals surface area contributed by atoms with Crippen molar-refractivity contribution in [3.8, 4) is 0 Å². The number of nitrogens with one attached hydrogen (secondary N) is 1. The first-order valence-corrected chi connectivity index (χ1v) is 4.32. The molecule has 0 atom stereocenters. The van der Waals surface area contributed by atoms with Gasteiger partial charge in [0.05, 0.1) is 5.54 Å². The van der Waals surface area contributed by atoms with Crippen LogP contribution in [-0.4, -0.2) is 22.1 Å². The van der Waals surface area contributed by atoms with Gasteiger partial charge in [0, 0.05) is 13.0 Å². The molecule has 0 fully saturated rings. The molecule has 0 aliphatic rings. The van der Waals surface area contributed by atoms with Crippen molar-refractivity contribution < 1.29 is 19.2 Å². The van der Waals surface area contributed by atoms with E-state index >= 15 is 0 Å². The van der Waals surface area contributed by atoms with Gasteiger partial charge in [-0.2, -0.15) is 0 Å². The average molecular weight is 212 g/mol. The van der Waals surface area contributed by atoms with Crippen molar-refractivity contribution in [1.82, 2.24) is 10.5 Å². The Morgan fingerprint density at radius 2 is 2.13 bits per heavy atom. The van der Waals surface area contributed by atoms with E-state index in [1.807, 2.05) is 0 Å². The summed E-state index contributed by atoms with van der Waals surface area (Å²) >= 11 is 0. The largest absolute Gasteiger partial charge is 0.476 e. The van der Waals surface area contributed by atoms with Crippen LogP contribution in [0.3, 0.4) is 0 Å². The third kappa shape index (κ3) is 2.55. The Labute approximate surface area is 86.3 Å². The van der Waals surface area contributed by atoms with Gasteiger partial charge in [0.2, 0.25) is 5.91 Å². The zero-order valence-electron chi connectivity index (χ0n) is 8.70. The molecule has 0 saturated heterocycles. The van der Waals surface area contributed by atoms with Gasteiger partial charge in [0.1, 0.15) is 0 Å². The van der Waals surface area contributed by atoms with Gasteiger partial charge >= 0.3 is 5.97 Å². The molecular formula is C9H12N2O4. The summed E-state index contributed by atoms with van der Waals surface area (Å²) in [5.74, 6) is -1.09. The van der Waals surface area contributed by atoms with E-state index in [-0.39, 0.29) is 11.6 Å². The molecule has 1 heterocycles. The molecule has 0 radical (unpaired) electrons. The highest BCUT2D eigenvalue weighted by molar-refractivity contribution is 5.85. The van der Waals surface area contributed by atoms with Crippen LogP contribution in [0.2, 0.25) is 0 Å². The minimum Gasteiger partial charge on any atom is -0.476 e. The Hall–Kier alpha value is -1.85. The summed E-state index contributed by atoms with van der Waals surface area (Å²) in [6.45, 7) is 4.76. The minimum atomic E-state index is -1.16. The molecule has 0 aliphatic carbocycles. The van der Waals surface area contributed by atoms with Gasteiger partial charge in [-0.25, -0.2) is 4.79 Å². The molecule has 15 heavy (non-hydrogen) atoms. The summed E-state index contributed by atoms with van der Waals surface area (Å²) in [4.78, 5) is 21.4. The van der Waals surface area contributed by atoms with E-state index in [9.17, 15) is 9.59 Å². The van der Waals surface area contributed by atoms with Crippen molar-refractivity contribution in [2.75, 3.05) is 0 Å². The number of amides is 1. The van der Waals surface area contributed by atoms with Crippen molar-refractivity contribution in [3.05, 3.63) is 17.5 Å². The molecule has 0 unspecified atom stereocenters. The van der Waals surface area contributed by atoms with Gasteiger partial charge in [-0.05, 0) is 13.8 Å². The van der Waals surface area contributed by atoms with Gasteiger partial charge in [0.25, 0.3) is 0 Å². The van der Waals surface area contributed by atoms with E-state index in [1.165, 1.54) is 13.0 Å². The number of nitrogens with zero attached hydrogens (tertiary/aromatic N) is 1. The molecule has 82 valence electrons. The molecule has 0 saturated carbocycles. The first-order valence-electron chi connectivity index (χ1n) is 4.32. The fourth-order valence-electron chi connectivity index (χ4n) is 1.17. The van der Waals surface area contributed by atoms with Crippen molar-refractivity contribution >= 4 is 11.9 Å². The third-order valence-electron chi connectivity index (χ3n) is 1.83. The Morgan fingerprint density at radius 1 is 1.53 bits per heavy atom. The number of hydrogen-bond acceptors (Lipinski definition) is 4. The molecule has 0 aliphatic heterocycles. The van der Waals surface area contributed by atoms with E-state index in [0.29, 0.717) is 5.76 Å². The highest BCUT2D eigenvalue weighted by Crippen LogP contribution is 2.20. The van der Waals surface area contributed by atoms with Crippen LogP contribution in [-0.2, 0) is 10.3 Å². The maximum absolute atomic E-state index is 10.9.